The molecule has 2 nitrogen and oxygen atoms in total. The monoisotopic (exact) mass is 154 g/mol. The van der Waals surface area contributed by atoms with Crippen LogP contribution in [0.3, 0.4) is 0 Å². The van der Waals surface area contributed by atoms with E-state index in [1.54, 1.807) is 0 Å². The molecule has 0 radical (unpaired) electrons. The van der Waals surface area contributed by atoms with E-state index in [4.69, 9.17) is 5.73 Å². The molecular formula is C9H18N2. The van der Waals surface area contributed by atoms with Gasteiger partial charge in [-0.3, -0.25) is 4.90 Å². The summed E-state index contributed by atoms with van der Waals surface area (Å²) in [5, 5.41) is 0. The van der Waals surface area contributed by atoms with Gasteiger partial charge in [-0.1, -0.05) is 12.2 Å². The Morgan fingerprint density at radius 3 is 3.00 bits per heavy atom. The first-order valence-electron chi connectivity index (χ1n) is 4.40. The first-order chi connectivity index (χ1) is 5.36. The fraction of sp³-hybridized carbons (Fsp3) is 0.778. The lowest BCUT2D eigenvalue weighted by atomic mass is 10.1. The molecule has 11 heavy (non-hydrogen) atoms. The Morgan fingerprint density at radius 2 is 2.45 bits per heavy atom. The van der Waals surface area contributed by atoms with Gasteiger partial charge in [-0.2, -0.15) is 0 Å². The molecule has 1 rings (SSSR count). The minimum absolute atomic E-state index is 0.750. The topological polar surface area (TPSA) is 29.3 Å². The number of nitrogens with zero attached hydrogens (tertiary/aromatic N) is 1. The van der Waals surface area contributed by atoms with E-state index in [-0.39, 0.29) is 0 Å². The molecule has 1 heterocycles. The summed E-state index contributed by atoms with van der Waals surface area (Å²) in [6.07, 6.45) is 5.60. The molecule has 1 atom stereocenters. The maximum Gasteiger partial charge on any atom is 0.0163 e. The summed E-state index contributed by atoms with van der Waals surface area (Å²) < 4.78 is 0. The molecule has 1 unspecified atom stereocenters. The van der Waals surface area contributed by atoms with Crippen molar-refractivity contribution >= 4 is 0 Å². The summed E-state index contributed by atoms with van der Waals surface area (Å²) in [6.45, 7) is 6.45. The van der Waals surface area contributed by atoms with Crippen LogP contribution in [0.2, 0.25) is 0 Å². The summed E-state index contributed by atoms with van der Waals surface area (Å²) >= 11 is 0. The molecule has 2 N–H and O–H groups in total. The average molecular weight is 154 g/mol. The Bertz CT molecular complexity index is 132. The van der Waals surface area contributed by atoms with Crippen molar-refractivity contribution in [3.8, 4) is 0 Å². The van der Waals surface area contributed by atoms with Crippen LogP contribution in [0.15, 0.2) is 12.2 Å². The Labute approximate surface area is 69.1 Å². The van der Waals surface area contributed by atoms with Crippen molar-refractivity contribution in [1.29, 1.82) is 0 Å². The standard InChI is InChI=1S/C9H18N2/c1-2-3-5-11-6-4-9(7-10)8-11/h2-3,9H,4-8,10H2,1H3/b3-2+. The summed E-state index contributed by atoms with van der Waals surface area (Å²) in [4.78, 5) is 2.46. The second-order valence-electron chi connectivity index (χ2n) is 3.22. The highest BCUT2D eigenvalue weighted by Crippen LogP contribution is 2.13. The number of hydrogen-bond acceptors (Lipinski definition) is 2. The van der Waals surface area contributed by atoms with Crippen molar-refractivity contribution in [2.75, 3.05) is 26.2 Å². The molecule has 0 aliphatic carbocycles. The summed E-state index contributed by atoms with van der Waals surface area (Å²) in [5.41, 5.74) is 5.58. The second kappa shape index (κ2) is 4.52. The molecule has 0 bridgehead atoms. The summed E-state index contributed by atoms with van der Waals surface area (Å²) in [7, 11) is 0. The molecule has 0 aromatic rings. The Kier molecular flexibility index (Phi) is 3.60. The van der Waals surface area contributed by atoms with Gasteiger partial charge in [0.05, 0.1) is 0 Å². The number of rotatable bonds is 3. The minimum atomic E-state index is 0.750. The van der Waals surface area contributed by atoms with E-state index >= 15 is 0 Å². The average Bonchev–Trinajstić information content (AvgIpc) is 2.48. The van der Waals surface area contributed by atoms with Crippen LogP contribution < -0.4 is 5.73 Å². The van der Waals surface area contributed by atoms with Gasteiger partial charge < -0.3 is 5.73 Å². The highest BCUT2D eigenvalue weighted by molar-refractivity contribution is 4.85. The molecule has 64 valence electrons. The lowest BCUT2D eigenvalue weighted by Crippen LogP contribution is -2.23. The predicted octanol–water partition coefficient (Wildman–Crippen LogP) is 0.843. The van der Waals surface area contributed by atoms with Crippen LogP contribution >= 0.6 is 0 Å². The number of hydrogen-bond donors (Lipinski definition) is 1. The maximum absolute atomic E-state index is 5.58. The van der Waals surface area contributed by atoms with Gasteiger partial charge in [-0.25, -0.2) is 0 Å². The maximum atomic E-state index is 5.58. The van der Waals surface area contributed by atoms with Gasteiger partial charge in [0.1, 0.15) is 0 Å². The van der Waals surface area contributed by atoms with Gasteiger partial charge in [-0.15, -0.1) is 0 Å². The Balaban J connectivity index is 2.19. The molecular weight excluding hydrogens is 136 g/mol. The third-order valence-corrected chi connectivity index (χ3v) is 2.30. The third-order valence-electron chi connectivity index (χ3n) is 2.30. The first-order valence-corrected chi connectivity index (χ1v) is 4.40. The lowest BCUT2D eigenvalue weighted by Gasteiger charge is -2.11. The summed E-state index contributed by atoms with van der Waals surface area (Å²) in [6, 6.07) is 0. The van der Waals surface area contributed by atoms with Crippen LogP contribution in [0.4, 0.5) is 0 Å². The molecule has 0 amide bonds. The fourth-order valence-corrected chi connectivity index (χ4v) is 1.53. The van der Waals surface area contributed by atoms with E-state index in [0.29, 0.717) is 0 Å². The van der Waals surface area contributed by atoms with Gasteiger partial charge in [-0.05, 0) is 32.4 Å². The molecule has 1 saturated heterocycles. The van der Waals surface area contributed by atoms with Gasteiger partial charge >= 0.3 is 0 Å². The molecule has 0 aromatic heterocycles. The van der Waals surface area contributed by atoms with E-state index < -0.39 is 0 Å². The van der Waals surface area contributed by atoms with Crippen molar-refractivity contribution in [2.45, 2.75) is 13.3 Å². The zero-order chi connectivity index (χ0) is 8.10. The van der Waals surface area contributed by atoms with Gasteiger partial charge in [0, 0.05) is 13.1 Å². The number of allylic oxidation sites excluding steroid dienone is 1. The van der Waals surface area contributed by atoms with E-state index in [9.17, 15) is 0 Å². The molecule has 0 aromatic carbocycles. The molecule has 0 saturated carbocycles. The van der Waals surface area contributed by atoms with E-state index in [1.807, 2.05) is 0 Å². The van der Waals surface area contributed by atoms with Crippen LogP contribution in [0.5, 0.6) is 0 Å². The molecule has 0 spiro atoms. The van der Waals surface area contributed by atoms with Crippen LogP contribution in [0, 0.1) is 5.92 Å². The second-order valence-corrected chi connectivity index (χ2v) is 3.22. The highest BCUT2D eigenvalue weighted by atomic mass is 15.1. The van der Waals surface area contributed by atoms with Gasteiger partial charge in [0.25, 0.3) is 0 Å². The fourth-order valence-electron chi connectivity index (χ4n) is 1.53. The van der Waals surface area contributed by atoms with E-state index in [0.717, 1.165) is 19.0 Å². The molecule has 1 fully saturated rings. The Morgan fingerprint density at radius 1 is 1.64 bits per heavy atom. The van der Waals surface area contributed by atoms with Crippen LogP contribution in [0.25, 0.3) is 0 Å². The van der Waals surface area contributed by atoms with Gasteiger partial charge in [0.2, 0.25) is 0 Å². The minimum Gasteiger partial charge on any atom is -0.330 e. The van der Waals surface area contributed by atoms with E-state index in [1.165, 1.54) is 19.5 Å². The normalized spacial score (nSPS) is 26.9. The van der Waals surface area contributed by atoms with Crippen LogP contribution in [-0.4, -0.2) is 31.1 Å². The number of nitrogens with two attached hydrogens (primary N) is 1. The number of likely N-dealkylation sites (tertiary alicyclic amines) is 1. The smallest absolute Gasteiger partial charge is 0.0163 e. The molecule has 1 aliphatic heterocycles. The third kappa shape index (κ3) is 2.64. The van der Waals surface area contributed by atoms with Crippen LogP contribution in [0.1, 0.15) is 13.3 Å². The zero-order valence-electron chi connectivity index (χ0n) is 7.29. The van der Waals surface area contributed by atoms with E-state index in [2.05, 4.69) is 24.0 Å². The lowest BCUT2D eigenvalue weighted by molar-refractivity contribution is 0.360. The Hall–Kier alpha value is -0.340. The largest absolute Gasteiger partial charge is 0.330 e. The van der Waals surface area contributed by atoms with Crippen molar-refractivity contribution in [3.63, 3.8) is 0 Å². The summed E-state index contributed by atoms with van der Waals surface area (Å²) in [5.74, 6) is 0.750. The quantitative estimate of drug-likeness (QED) is 0.610. The van der Waals surface area contributed by atoms with Crippen molar-refractivity contribution in [3.05, 3.63) is 12.2 Å². The van der Waals surface area contributed by atoms with Crippen molar-refractivity contribution < 1.29 is 0 Å². The zero-order valence-corrected chi connectivity index (χ0v) is 7.29. The van der Waals surface area contributed by atoms with Crippen molar-refractivity contribution in [2.24, 2.45) is 11.7 Å². The predicted molar refractivity (Wildman–Crippen MR) is 48.4 cm³/mol. The van der Waals surface area contributed by atoms with Crippen molar-refractivity contribution in [1.82, 2.24) is 4.90 Å². The highest BCUT2D eigenvalue weighted by Gasteiger charge is 2.19. The SMILES string of the molecule is C/C=C/CN1CCC(CN)C1. The van der Waals surface area contributed by atoms with Crippen LogP contribution in [-0.2, 0) is 0 Å². The van der Waals surface area contributed by atoms with Gasteiger partial charge in [0.15, 0.2) is 0 Å². The molecule has 2 heteroatoms. The molecule has 1 aliphatic rings. The first kappa shape index (κ1) is 8.75.